The van der Waals surface area contributed by atoms with Crippen molar-refractivity contribution >= 4 is 29.2 Å². The van der Waals surface area contributed by atoms with Crippen molar-refractivity contribution in [1.82, 2.24) is 15.6 Å². The Kier molecular flexibility index (Phi) is 5.21. The SMILES string of the molecule is CC1CC(NC(=O)c2cc3ccccc3[nH]c2=O)CCN1.Cl. The van der Waals surface area contributed by atoms with Crippen molar-refractivity contribution < 1.29 is 4.79 Å². The van der Waals surface area contributed by atoms with Crippen LogP contribution in [0.25, 0.3) is 10.9 Å². The van der Waals surface area contributed by atoms with Crippen LogP contribution in [0.4, 0.5) is 0 Å². The van der Waals surface area contributed by atoms with Crippen LogP contribution in [0.5, 0.6) is 0 Å². The number of benzene rings is 1. The summed E-state index contributed by atoms with van der Waals surface area (Å²) < 4.78 is 0. The summed E-state index contributed by atoms with van der Waals surface area (Å²) in [6.07, 6.45) is 1.78. The van der Waals surface area contributed by atoms with Crippen molar-refractivity contribution in [2.45, 2.75) is 31.8 Å². The summed E-state index contributed by atoms with van der Waals surface area (Å²) in [5.74, 6) is -0.291. The number of aromatic amines is 1. The van der Waals surface area contributed by atoms with Crippen molar-refractivity contribution in [3.05, 3.63) is 46.2 Å². The van der Waals surface area contributed by atoms with Crippen molar-refractivity contribution in [3.8, 4) is 0 Å². The van der Waals surface area contributed by atoms with Crippen LogP contribution in [0.3, 0.4) is 0 Å². The highest BCUT2D eigenvalue weighted by Crippen LogP contribution is 2.12. The first-order chi connectivity index (χ1) is 10.1. The van der Waals surface area contributed by atoms with Gasteiger partial charge in [0.2, 0.25) is 0 Å². The molecule has 2 atom stereocenters. The molecule has 1 fully saturated rings. The standard InChI is InChI=1S/C16H19N3O2.ClH/c1-10-8-12(6-7-17-10)18-15(20)13-9-11-4-2-3-5-14(11)19-16(13)21;/h2-5,9-10,12,17H,6-8H2,1H3,(H,18,20)(H,19,21);1H. The van der Waals surface area contributed by atoms with Crippen LogP contribution in [0.15, 0.2) is 35.1 Å². The summed E-state index contributed by atoms with van der Waals surface area (Å²) in [6, 6.07) is 9.62. The third-order valence-corrected chi connectivity index (χ3v) is 3.96. The molecule has 1 amide bonds. The van der Waals surface area contributed by atoms with Crippen molar-refractivity contribution in [2.24, 2.45) is 0 Å². The number of amides is 1. The van der Waals surface area contributed by atoms with Crippen molar-refractivity contribution in [1.29, 1.82) is 0 Å². The number of piperidine rings is 1. The van der Waals surface area contributed by atoms with E-state index in [9.17, 15) is 9.59 Å². The van der Waals surface area contributed by atoms with Gasteiger partial charge in [0.25, 0.3) is 11.5 Å². The minimum atomic E-state index is -0.340. The summed E-state index contributed by atoms with van der Waals surface area (Å²) >= 11 is 0. The molecule has 3 N–H and O–H groups in total. The Morgan fingerprint density at radius 3 is 2.86 bits per heavy atom. The first-order valence-electron chi connectivity index (χ1n) is 7.30. The van der Waals surface area contributed by atoms with Crippen LogP contribution >= 0.6 is 12.4 Å². The van der Waals surface area contributed by atoms with E-state index >= 15 is 0 Å². The van der Waals surface area contributed by atoms with E-state index < -0.39 is 0 Å². The summed E-state index contributed by atoms with van der Waals surface area (Å²) in [5.41, 5.74) is 0.586. The van der Waals surface area contributed by atoms with Crippen LogP contribution in [0.2, 0.25) is 0 Å². The van der Waals surface area contributed by atoms with E-state index in [2.05, 4.69) is 22.5 Å². The Balaban J connectivity index is 0.00000176. The number of hydrogen-bond acceptors (Lipinski definition) is 3. The maximum Gasteiger partial charge on any atom is 0.261 e. The number of aromatic nitrogens is 1. The Morgan fingerprint density at radius 1 is 1.32 bits per heavy atom. The lowest BCUT2D eigenvalue weighted by Gasteiger charge is -2.28. The Bertz CT molecular complexity index is 729. The Hall–Kier alpha value is -1.85. The number of carbonyl (C=O) groups excluding carboxylic acids is 1. The topological polar surface area (TPSA) is 74.0 Å². The van der Waals surface area contributed by atoms with Crippen LogP contribution in [0.1, 0.15) is 30.1 Å². The minimum Gasteiger partial charge on any atom is -0.349 e. The number of hydrogen-bond donors (Lipinski definition) is 3. The zero-order valence-electron chi connectivity index (χ0n) is 12.4. The van der Waals surface area contributed by atoms with Crippen LogP contribution < -0.4 is 16.2 Å². The molecule has 118 valence electrons. The molecule has 0 aliphatic carbocycles. The predicted molar refractivity (Wildman–Crippen MR) is 89.8 cm³/mol. The first kappa shape index (κ1) is 16.5. The molecule has 3 rings (SSSR count). The fourth-order valence-corrected chi connectivity index (χ4v) is 2.84. The normalized spacial score (nSPS) is 21.1. The van der Waals surface area contributed by atoms with Gasteiger partial charge in [-0.1, -0.05) is 18.2 Å². The third-order valence-electron chi connectivity index (χ3n) is 3.96. The van der Waals surface area contributed by atoms with Gasteiger partial charge in [0.05, 0.1) is 0 Å². The van der Waals surface area contributed by atoms with Gasteiger partial charge in [-0.15, -0.1) is 12.4 Å². The quantitative estimate of drug-likeness (QED) is 0.790. The van der Waals surface area contributed by atoms with Gasteiger partial charge in [0, 0.05) is 17.6 Å². The fraction of sp³-hybridized carbons (Fsp3) is 0.375. The molecule has 1 aliphatic rings. The second-order valence-electron chi connectivity index (χ2n) is 5.65. The molecule has 6 heteroatoms. The lowest BCUT2D eigenvalue weighted by atomic mass is 10.0. The largest absolute Gasteiger partial charge is 0.349 e. The molecule has 0 bridgehead atoms. The molecular weight excluding hydrogens is 302 g/mol. The number of fused-ring (bicyclic) bond motifs is 1. The van der Waals surface area contributed by atoms with E-state index in [4.69, 9.17) is 0 Å². The van der Waals surface area contributed by atoms with E-state index in [0.717, 1.165) is 30.3 Å². The van der Waals surface area contributed by atoms with E-state index in [1.165, 1.54) is 0 Å². The van der Waals surface area contributed by atoms with Crippen LogP contribution in [-0.2, 0) is 0 Å². The first-order valence-corrected chi connectivity index (χ1v) is 7.30. The van der Waals surface area contributed by atoms with Gasteiger partial charge in [0.1, 0.15) is 5.56 Å². The van der Waals surface area contributed by atoms with Gasteiger partial charge in [-0.2, -0.15) is 0 Å². The number of rotatable bonds is 2. The second-order valence-corrected chi connectivity index (χ2v) is 5.65. The summed E-state index contributed by atoms with van der Waals surface area (Å²) in [4.78, 5) is 27.1. The molecule has 1 aromatic carbocycles. The lowest BCUT2D eigenvalue weighted by molar-refractivity contribution is 0.0924. The highest BCUT2D eigenvalue weighted by Gasteiger charge is 2.21. The number of carbonyl (C=O) groups is 1. The molecule has 1 saturated heterocycles. The Morgan fingerprint density at radius 2 is 2.09 bits per heavy atom. The molecular formula is C16H20ClN3O2. The number of para-hydroxylation sites is 1. The summed E-state index contributed by atoms with van der Waals surface area (Å²) in [5, 5.41) is 7.18. The fourth-order valence-electron chi connectivity index (χ4n) is 2.84. The maximum atomic E-state index is 12.3. The van der Waals surface area contributed by atoms with Gasteiger partial charge in [-0.05, 0) is 43.8 Å². The third kappa shape index (κ3) is 3.48. The zero-order valence-corrected chi connectivity index (χ0v) is 13.2. The van der Waals surface area contributed by atoms with Gasteiger partial charge in [-0.3, -0.25) is 9.59 Å². The zero-order chi connectivity index (χ0) is 14.8. The average Bonchev–Trinajstić information content (AvgIpc) is 2.46. The van der Waals surface area contributed by atoms with E-state index in [1.807, 2.05) is 24.3 Å². The van der Waals surface area contributed by atoms with Gasteiger partial charge >= 0.3 is 0 Å². The van der Waals surface area contributed by atoms with E-state index in [0.29, 0.717) is 6.04 Å². The number of pyridine rings is 1. The molecule has 0 saturated carbocycles. The monoisotopic (exact) mass is 321 g/mol. The van der Waals surface area contributed by atoms with Gasteiger partial charge in [0.15, 0.2) is 0 Å². The van der Waals surface area contributed by atoms with Gasteiger partial charge < -0.3 is 15.6 Å². The highest BCUT2D eigenvalue weighted by atomic mass is 35.5. The average molecular weight is 322 g/mol. The van der Waals surface area contributed by atoms with Crippen LogP contribution in [-0.4, -0.2) is 29.5 Å². The van der Waals surface area contributed by atoms with E-state index in [1.54, 1.807) is 6.07 Å². The van der Waals surface area contributed by atoms with E-state index in [-0.39, 0.29) is 35.5 Å². The molecule has 0 spiro atoms. The van der Waals surface area contributed by atoms with Crippen LogP contribution in [0, 0.1) is 0 Å². The molecule has 2 unspecified atom stereocenters. The number of H-pyrrole nitrogens is 1. The molecule has 2 aromatic rings. The smallest absolute Gasteiger partial charge is 0.261 e. The van der Waals surface area contributed by atoms with Crippen molar-refractivity contribution in [3.63, 3.8) is 0 Å². The molecule has 0 radical (unpaired) electrons. The van der Waals surface area contributed by atoms with Crippen molar-refractivity contribution in [2.75, 3.05) is 6.54 Å². The molecule has 5 nitrogen and oxygen atoms in total. The second kappa shape index (κ2) is 6.94. The lowest BCUT2D eigenvalue weighted by Crippen LogP contribution is -2.47. The summed E-state index contributed by atoms with van der Waals surface area (Å²) in [6.45, 7) is 2.99. The molecule has 1 aromatic heterocycles. The molecule has 22 heavy (non-hydrogen) atoms. The number of halogens is 1. The molecule has 1 aliphatic heterocycles. The number of nitrogens with one attached hydrogen (secondary N) is 3. The Labute approximate surface area is 134 Å². The minimum absolute atomic E-state index is 0. The maximum absolute atomic E-state index is 12.3. The predicted octanol–water partition coefficient (Wildman–Crippen LogP) is 1.82. The highest BCUT2D eigenvalue weighted by molar-refractivity contribution is 5.97. The van der Waals surface area contributed by atoms with Gasteiger partial charge in [-0.25, -0.2) is 0 Å². The summed E-state index contributed by atoms with van der Waals surface area (Å²) in [7, 11) is 0. The molecule has 2 heterocycles.